The number of ether oxygens (including phenoxy) is 1. The normalized spacial score (nSPS) is 15.8. The number of hydrogen-bond acceptors (Lipinski definition) is 2. The zero-order valence-electron chi connectivity index (χ0n) is 3.44. The second-order valence-electron chi connectivity index (χ2n) is 1.32. The molecule has 0 saturated carbocycles. The predicted molar refractivity (Wildman–Crippen MR) is 34.5 cm³/mol. The first-order chi connectivity index (χ1) is 2.89. The van der Waals surface area contributed by atoms with Gasteiger partial charge in [-0.05, 0) is 6.42 Å². The Bertz CT molecular complexity index is 66.4. The van der Waals surface area contributed by atoms with Gasteiger partial charge in [0.15, 0.2) is 0 Å². The molecule has 1 heterocycles. The van der Waals surface area contributed by atoms with Crippen molar-refractivity contribution in [2.75, 3.05) is 6.61 Å². The van der Waals surface area contributed by atoms with Gasteiger partial charge in [-0.3, -0.25) is 4.79 Å². The molecule has 0 unspecified atom stereocenters. The van der Waals surface area contributed by atoms with Crippen LogP contribution in [-0.4, -0.2) is 71.7 Å². The number of esters is 1. The third-order valence-corrected chi connectivity index (χ3v) is 0.788. The predicted octanol–water partition coefficient (Wildman–Crippen LogP) is -0.974. The molecule has 0 atom stereocenters. The Kier molecular flexibility index (Phi) is 10.0. The molecule has 0 radical (unpaired) electrons. The first-order valence-electron chi connectivity index (χ1n) is 2.05. The Labute approximate surface area is 92.9 Å². The van der Waals surface area contributed by atoms with Gasteiger partial charge < -0.3 is 4.74 Å². The van der Waals surface area contributed by atoms with Crippen LogP contribution in [0.2, 0.25) is 0 Å². The van der Waals surface area contributed by atoms with Gasteiger partial charge in [0, 0.05) is 6.42 Å². The van der Waals surface area contributed by atoms with Gasteiger partial charge in [-0.1, -0.05) is 0 Å². The van der Waals surface area contributed by atoms with Gasteiger partial charge in [0.1, 0.15) is 0 Å². The third-order valence-electron chi connectivity index (χ3n) is 0.788. The average Bonchev–Trinajstić information content (AvgIpc) is 1.86. The molecule has 1 saturated heterocycles. The van der Waals surface area contributed by atoms with E-state index in [2.05, 4.69) is 4.74 Å². The molecule has 0 aromatic rings. The van der Waals surface area contributed by atoms with Crippen molar-refractivity contribution in [3.8, 4) is 0 Å². The van der Waals surface area contributed by atoms with E-state index in [1.54, 1.807) is 0 Å². The number of hydrogen-bond donors (Lipinski definition) is 0. The molecular formula is C4H8Na2O2. The van der Waals surface area contributed by atoms with Crippen LogP contribution in [0.25, 0.3) is 0 Å². The maximum atomic E-state index is 10.0. The molecule has 8 heavy (non-hydrogen) atoms. The van der Waals surface area contributed by atoms with E-state index in [9.17, 15) is 4.79 Å². The van der Waals surface area contributed by atoms with Crippen LogP contribution in [0.5, 0.6) is 0 Å². The summed E-state index contributed by atoms with van der Waals surface area (Å²) >= 11 is 0. The molecule has 1 aliphatic heterocycles. The minimum atomic E-state index is -0.0463. The topological polar surface area (TPSA) is 26.3 Å². The molecule has 0 aliphatic carbocycles. The molecule has 0 N–H and O–H groups in total. The van der Waals surface area contributed by atoms with Crippen molar-refractivity contribution >= 4 is 65.1 Å². The molecule has 0 amide bonds. The number of carbonyl (C=O) groups is 1. The molecule has 0 bridgehead atoms. The van der Waals surface area contributed by atoms with Gasteiger partial charge in [-0.15, -0.1) is 0 Å². The molecule has 0 aromatic carbocycles. The van der Waals surface area contributed by atoms with Gasteiger partial charge in [-0.2, -0.15) is 0 Å². The molecular weight excluding hydrogens is 126 g/mol. The third kappa shape index (κ3) is 4.36. The molecule has 0 aromatic heterocycles. The molecule has 2 nitrogen and oxygen atoms in total. The van der Waals surface area contributed by atoms with Crippen molar-refractivity contribution in [1.82, 2.24) is 0 Å². The van der Waals surface area contributed by atoms with E-state index in [1.165, 1.54) is 0 Å². The Morgan fingerprint density at radius 2 is 2.00 bits per heavy atom. The Morgan fingerprint density at radius 3 is 2.12 bits per heavy atom. The Morgan fingerprint density at radius 1 is 1.38 bits per heavy atom. The van der Waals surface area contributed by atoms with Crippen LogP contribution >= 0.6 is 0 Å². The van der Waals surface area contributed by atoms with Crippen molar-refractivity contribution in [3.63, 3.8) is 0 Å². The first-order valence-corrected chi connectivity index (χ1v) is 2.05. The van der Waals surface area contributed by atoms with Gasteiger partial charge in [0.2, 0.25) is 0 Å². The van der Waals surface area contributed by atoms with Crippen molar-refractivity contribution in [2.45, 2.75) is 12.8 Å². The zero-order valence-corrected chi connectivity index (χ0v) is 3.44. The summed E-state index contributed by atoms with van der Waals surface area (Å²) in [6.45, 7) is 0.638. The molecule has 1 aliphatic rings. The zero-order chi connectivity index (χ0) is 4.41. The van der Waals surface area contributed by atoms with E-state index < -0.39 is 0 Å². The summed E-state index contributed by atoms with van der Waals surface area (Å²) in [5, 5.41) is 0. The maximum absolute atomic E-state index is 10.0. The SMILES string of the molecule is O=C1CCCO1.[NaH].[NaH]. The van der Waals surface area contributed by atoms with Crippen molar-refractivity contribution in [1.29, 1.82) is 0 Å². The van der Waals surface area contributed by atoms with Crippen LogP contribution in [0.4, 0.5) is 0 Å². The molecule has 4 heteroatoms. The quantitative estimate of drug-likeness (QED) is 0.314. The molecule has 0 spiro atoms. The molecule has 1 fully saturated rings. The van der Waals surface area contributed by atoms with E-state index in [0.717, 1.165) is 6.42 Å². The minimum absolute atomic E-state index is 0. The van der Waals surface area contributed by atoms with E-state index in [1.807, 2.05) is 0 Å². The van der Waals surface area contributed by atoms with E-state index >= 15 is 0 Å². The fraction of sp³-hybridized carbons (Fsp3) is 0.750. The number of cyclic esters (lactones) is 1. The van der Waals surface area contributed by atoms with Crippen LogP contribution in [0.1, 0.15) is 12.8 Å². The van der Waals surface area contributed by atoms with Crippen LogP contribution in [0, 0.1) is 0 Å². The van der Waals surface area contributed by atoms with E-state index in [4.69, 9.17) is 0 Å². The fourth-order valence-corrected chi connectivity index (χ4v) is 0.475. The summed E-state index contributed by atoms with van der Waals surface area (Å²) in [4.78, 5) is 10.0. The summed E-state index contributed by atoms with van der Waals surface area (Å²) in [5.41, 5.74) is 0. The number of rotatable bonds is 0. The van der Waals surface area contributed by atoms with Gasteiger partial charge in [0.05, 0.1) is 6.61 Å². The summed E-state index contributed by atoms with van der Waals surface area (Å²) in [7, 11) is 0. The Hall–Kier alpha value is 1.47. The number of carbonyl (C=O) groups excluding carboxylic acids is 1. The van der Waals surface area contributed by atoms with Crippen molar-refractivity contribution in [2.24, 2.45) is 0 Å². The summed E-state index contributed by atoms with van der Waals surface area (Å²) in [6.07, 6.45) is 1.54. The van der Waals surface area contributed by atoms with Crippen LogP contribution < -0.4 is 0 Å². The monoisotopic (exact) mass is 134 g/mol. The van der Waals surface area contributed by atoms with Crippen LogP contribution in [-0.2, 0) is 9.53 Å². The first kappa shape index (κ1) is 12.2. The van der Waals surface area contributed by atoms with Gasteiger partial charge >= 0.3 is 65.1 Å². The van der Waals surface area contributed by atoms with E-state index in [0.29, 0.717) is 13.0 Å². The molecule has 38 valence electrons. The van der Waals surface area contributed by atoms with E-state index in [-0.39, 0.29) is 65.1 Å². The summed E-state index contributed by atoms with van der Waals surface area (Å²) in [5.74, 6) is -0.0463. The average molecular weight is 134 g/mol. The Balaban J connectivity index is 0. The van der Waals surface area contributed by atoms with Crippen LogP contribution in [0.15, 0.2) is 0 Å². The van der Waals surface area contributed by atoms with Crippen molar-refractivity contribution in [3.05, 3.63) is 0 Å². The van der Waals surface area contributed by atoms with Gasteiger partial charge in [-0.25, -0.2) is 0 Å². The second-order valence-corrected chi connectivity index (χ2v) is 1.32. The molecule has 1 rings (SSSR count). The standard InChI is InChI=1S/C4H6O2.2Na.2H/c5-4-2-1-3-6-4;;;;/h1-3H2;;;;. The summed E-state index contributed by atoms with van der Waals surface area (Å²) in [6, 6.07) is 0. The van der Waals surface area contributed by atoms with Crippen LogP contribution in [0.3, 0.4) is 0 Å². The second kappa shape index (κ2) is 6.59. The summed E-state index contributed by atoms with van der Waals surface area (Å²) < 4.78 is 4.51. The fourth-order valence-electron chi connectivity index (χ4n) is 0.475. The van der Waals surface area contributed by atoms with Crippen molar-refractivity contribution < 1.29 is 9.53 Å². The van der Waals surface area contributed by atoms with Gasteiger partial charge in [0.25, 0.3) is 0 Å².